The summed E-state index contributed by atoms with van der Waals surface area (Å²) in [5.74, 6) is 1.67. The normalized spacial score (nSPS) is 20.3. The molecule has 0 saturated carbocycles. The molecule has 1 heteroatoms. The Labute approximate surface area is 73.4 Å². The van der Waals surface area contributed by atoms with Crippen molar-refractivity contribution >= 4 is 0 Å². The lowest BCUT2D eigenvalue weighted by atomic mass is 10.0. The maximum absolute atomic E-state index is 5.55. The van der Waals surface area contributed by atoms with Crippen molar-refractivity contribution < 1.29 is 4.74 Å². The maximum Gasteiger partial charge on any atom is 0.123 e. The molecular formula is C11H14O. The molecule has 1 heterocycles. The predicted octanol–water partition coefficient (Wildman–Crippen LogP) is 2.74. The molecule has 1 aliphatic rings. The van der Waals surface area contributed by atoms with Crippen LogP contribution in [0, 0.1) is 0 Å². The van der Waals surface area contributed by atoms with Gasteiger partial charge in [0, 0.05) is 11.5 Å². The minimum atomic E-state index is 0.575. The second-order valence-electron chi connectivity index (χ2n) is 3.44. The second kappa shape index (κ2) is 2.81. The topological polar surface area (TPSA) is 9.23 Å². The van der Waals surface area contributed by atoms with Gasteiger partial charge in [-0.2, -0.15) is 0 Å². The van der Waals surface area contributed by atoms with Crippen LogP contribution < -0.4 is 4.74 Å². The van der Waals surface area contributed by atoms with Crippen molar-refractivity contribution in [3.63, 3.8) is 0 Å². The summed E-state index contributed by atoms with van der Waals surface area (Å²) in [6.07, 6.45) is 1.09. The van der Waals surface area contributed by atoms with Crippen LogP contribution in [0.25, 0.3) is 0 Å². The van der Waals surface area contributed by atoms with E-state index < -0.39 is 0 Å². The van der Waals surface area contributed by atoms with Crippen molar-refractivity contribution in [2.75, 3.05) is 6.61 Å². The van der Waals surface area contributed by atoms with Crippen molar-refractivity contribution in [2.45, 2.75) is 26.2 Å². The molecule has 0 saturated heterocycles. The molecule has 0 N–H and O–H groups in total. The van der Waals surface area contributed by atoms with E-state index in [-0.39, 0.29) is 0 Å². The van der Waals surface area contributed by atoms with Crippen LogP contribution in [0.15, 0.2) is 18.2 Å². The molecule has 0 fully saturated rings. The number of ether oxygens (including phenoxy) is 1. The Bertz CT molecular complexity index is 291. The molecule has 1 atom stereocenters. The van der Waals surface area contributed by atoms with Gasteiger partial charge in [-0.1, -0.05) is 26.0 Å². The average molecular weight is 162 g/mol. The fraction of sp³-hybridized carbons (Fsp3) is 0.455. The van der Waals surface area contributed by atoms with Crippen LogP contribution >= 0.6 is 0 Å². The Morgan fingerprint density at radius 3 is 3.08 bits per heavy atom. The second-order valence-corrected chi connectivity index (χ2v) is 3.44. The van der Waals surface area contributed by atoms with Gasteiger partial charge in [0.1, 0.15) is 5.75 Å². The molecule has 1 aliphatic heterocycles. The molecule has 0 spiro atoms. The molecule has 0 aliphatic carbocycles. The SMILES string of the molecule is CCc1ccc2c(c1)OCC2C. The highest BCUT2D eigenvalue weighted by Gasteiger charge is 2.19. The number of aryl methyl sites for hydroxylation is 1. The predicted molar refractivity (Wildman–Crippen MR) is 49.7 cm³/mol. The van der Waals surface area contributed by atoms with E-state index in [9.17, 15) is 0 Å². The summed E-state index contributed by atoms with van der Waals surface area (Å²) in [4.78, 5) is 0. The van der Waals surface area contributed by atoms with Gasteiger partial charge in [-0.15, -0.1) is 0 Å². The van der Waals surface area contributed by atoms with Crippen LogP contribution in [0.3, 0.4) is 0 Å². The first-order valence-electron chi connectivity index (χ1n) is 4.57. The fourth-order valence-corrected chi connectivity index (χ4v) is 1.64. The van der Waals surface area contributed by atoms with Crippen molar-refractivity contribution in [1.82, 2.24) is 0 Å². The summed E-state index contributed by atoms with van der Waals surface area (Å²) in [7, 11) is 0. The van der Waals surface area contributed by atoms with Gasteiger partial charge in [-0.25, -0.2) is 0 Å². The lowest BCUT2D eigenvalue weighted by molar-refractivity contribution is 0.337. The minimum Gasteiger partial charge on any atom is -0.493 e. The molecule has 1 aromatic rings. The number of rotatable bonds is 1. The van der Waals surface area contributed by atoms with Gasteiger partial charge in [0.15, 0.2) is 0 Å². The van der Waals surface area contributed by atoms with E-state index in [4.69, 9.17) is 4.74 Å². The molecular weight excluding hydrogens is 148 g/mol. The quantitative estimate of drug-likeness (QED) is 0.617. The van der Waals surface area contributed by atoms with Gasteiger partial charge in [-0.05, 0) is 18.1 Å². The molecule has 0 bridgehead atoms. The molecule has 0 aromatic heterocycles. The molecule has 2 rings (SSSR count). The van der Waals surface area contributed by atoms with E-state index in [0.717, 1.165) is 18.8 Å². The molecule has 1 aromatic carbocycles. The van der Waals surface area contributed by atoms with Gasteiger partial charge in [0.05, 0.1) is 6.61 Å². The fourth-order valence-electron chi connectivity index (χ4n) is 1.64. The molecule has 12 heavy (non-hydrogen) atoms. The zero-order chi connectivity index (χ0) is 8.55. The van der Waals surface area contributed by atoms with E-state index in [1.54, 1.807) is 0 Å². The van der Waals surface area contributed by atoms with Crippen LogP contribution in [0.5, 0.6) is 5.75 Å². The Hall–Kier alpha value is -0.980. The summed E-state index contributed by atoms with van der Waals surface area (Å²) < 4.78 is 5.55. The lowest BCUT2D eigenvalue weighted by Crippen LogP contribution is -1.93. The third-order valence-corrected chi connectivity index (χ3v) is 2.51. The third kappa shape index (κ3) is 1.09. The molecule has 64 valence electrons. The first kappa shape index (κ1) is 7.66. The zero-order valence-electron chi connectivity index (χ0n) is 7.63. The van der Waals surface area contributed by atoms with Crippen LogP contribution in [-0.4, -0.2) is 6.61 Å². The van der Waals surface area contributed by atoms with Crippen LogP contribution in [0.1, 0.15) is 30.9 Å². The zero-order valence-corrected chi connectivity index (χ0v) is 7.63. The van der Waals surface area contributed by atoms with E-state index >= 15 is 0 Å². The van der Waals surface area contributed by atoms with Gasteiger partial charge in [-0.3, -0.25) is 0 Å². The smallest absolute Gasteiger partial charge is 0.123 e. The van der Waals surface area contributed by atoms with Gasteiger partial charge >= 0.3 is 0 Å². The van der Waals surface area contributed by atoms with Crippen molar-refractivity contribution in [3.05, 3.63) is 29.3 Å². The van der Waals surface area contributed by atoms with Crippen molar-refractivity contribution in [1.29, 1.82) is 0 Å². The van der Waals surface area contributed by atoms with Gasteiger partial charge < -0.3 is 4.74 Å². The first-order valence-corrected chi connectivity index (χ1v) is 4.57. The Morgan fingerprint density at radius 1 is 1.50 bits per heavy atom. The Balaban J connectivity index is 2.41. The molecule has 1 unspecified atom stereocenters. The monoisotopic (exact) mass is 162 g/mol. The molecule has 0 amide bonds. The van der Waals surface area contributed by atoms with Gasteiger partial charge in [0.25, 0.3) is 0 Å². The Morgan fingerprint density at radius 2 is 2.33 bits per heavy atom. The van der Waals surface area contributed by atoms with Crippen molar-refractivity contribution in [3.8, 4) is 5.75 Å². The highest BCUT2D eigenvalue weighted by Crippen LogP contribution is 2.33. The van der Waals surface area contributed by atoms with Crippen LogP contribution in [0.4, 0.5) is 0 Å². The largest absolute Gasteiger partial charge is 0.493 e. The van der Waals surface area contributed by atoms with Gasteiger partial charge in [0.2, 0.25) is 0 Å². The summed E-state index contributed by atoms with van der Waals surface area (Å²) in [6, 6.07) is 6.56. The molecule has 0 radical (unpaired) electrons. The summed E-state index contributed by atoms with van der Waals surface area (Å²) >= 11 is 0. The highest BCUT2D eigenvalue weighted by molar-refractivity contribution is 5.42. The van der Waals surface area contributed by atoms with E-state index in [2.05, 4.69) is 32.0 Å². The van der Waals surface area contributed by atoms with Crippen molar-refractivity contribution in [2.24, 2.45) is 0 Å². The summed E-state index contributed by atoms with van der Waals surface area (Å²) in [5, 5.41) is 0. The highest BCUT2D eigenvalue weighted by atomic mass is 16.5. The molecule has 1 nitrogen and oxygen atoms in total. The van der Waals surface area contributed by atoms with E-state index in [1.165, 1.54) is 11.1 Å². The number of hydrogen-bond acceptors (Lipinski definition) is 1. The van der Waals surface area contributed by atoms with E-state index in [1.807, 2.05) is 0 Å². The van der Waals surface area contributed by atoms with E-state index in [0.29, 0.717) is 5.92 Å². The summed E-state index contributed by atoms with van der Waals surface area (Å²) in [6.45, 7) is 5.22. The Kier molecular flexibility index (Phi) is 1.80. The number of benzene rings is 1. The number of hydrogen-bond donors (Lipinski definition) is 0. The maximum atomic E-state index is 5.55. The van der Waals surface area contributed by atoms with Crippen LogP contribution in [0.2, 0.25) is 0 Å². The van der Waals surface area contributed by atoms with Crippen LogP contribution in [-0.2, 0) is 6.42 Å². The first-order chi connectivity index (χ1) is 5.81. The lowest BCUT2D eigenvalue weighted by Gasteiger charge is -2.02. The summed E-state index contributed by atoms with van der Waals surface area (Å²) in [5.41, 5.74) is 2.73. The third-order valence-electron chi connectivity index (χ3n) is 2.51. The number of fused-ring (bicyclic) bond motifs is 1. The standard InChI is InChI=1S/C11H14O/c1-3-9-4-5-10-8(2)7-12-11(10)6-9/h4-6,8H,3,7H2,1-2H3. The minimum absolute atomic E-state index is 0.575. The average Bonchev–Trinajstić information content (AvgIpc) is 2.47.